The third-order valence-corrected chi connectivity index (χ3v) is 4.83. The summed E-state index contributed by atoms with van der Waals surface area (Å²) in [5, 5.41) is 8.08. The SMILES string of the molecule is CCCC(C)NC(=O)c1cc(S(N)(=O)=O)cn1C1CCC1. The Kier molecular flexibility index (Phi) is 4.73. The quantitative estimate of drug-likeness (QED) is 0.838. The molecule has 1 amide bonds. The van der Waals surface area contributed by atoms with Gasteiger partial charge in [0.1, 0.15) is 10.6 Å². The normalized spacial score (nSPS) is 17.3. The molecule has 1 heterocycles. The molecule has 0 aromatic carbocycles. The number of nitrogens with zero attached hydrogens (tertiary/aromatic N) is 1. The number of sulfonamides is 1. The Labute approximate surface area is 125 Å². The second-order valence-corrected chi connectivity index (χ2v) is 7.32. The summed E-state index contributed by atoms with van der Waals surface area (Å²) < 4.78 is 24.8. The fourth-order valence-corrected chi connectivity index (χ4v) is 3.10. The summed E-state index contributed by atoms with van der Waals surface area (Å²) in [5.41, 5.74) is 0.381. The molecule has 0 spiro atoms. The predicted molar refractivity (Wildman–Crippen MR) is 80.5 cm³/mol. The lowest BCUT2D eigenvalue weighted by Crippen LogP contribution is -2.34. The zero-order valence-electron chi connectivity index (χ0n) is 12.5. The van der Waals surface area contributed by atoms with E-state index in [0.29, 0.717) is 5.69 Å². The van der Waals surface area contributed by atoms with Crippen molar-refractivity contribution >= 4 is 15.9 Å². The molecule has 1 fully saturated rings. The summed E-state index contributed by atoms with van der Waals surface area (Å²) >= 11 is 0. The summed E-state index contributed by atoms with van der Waals surface area (Å²) in [5.74, 6) is -0.238. The first-order chi connectivity index (χ1) is 9.82. The zero-order valence-corrected chi connectivity index (χ0v) is 13.3. The van der Waals surface area contributed by atoms with Gasteiger partial charge in [0, 0.05) is 18.3 Å². The molecule has 6 nitrogen and oxygen atoms in total. The lowest BCUT2D eigenvalue weighted by atomic mass is 9.93. The summed E-state index contributed by atoms with van der Waals surface area (Å²) in [7, 11) is -3.80. The van der Waals surface area contributed by atoms with Gasteiger partial charge in [0.25, 0.3) is 5.91 Å². The molecule has 1 aliphatic rings. The highest BCUT2D eigenvalue weighted by Gasteiger charge is 2.27. The van der Waals surface area contributed by atoms with Crippen LogP contribution in [0, 0.1) is 0 Å². The molecule has 1 aromatic heterocycles. The van der Waals surface area contributed by atoms with Gasteiger partial charge in [-0.1, -0.05) is 13.3 Å². The van der Waals surface area contributed by atoms with Gasteiger partial charge >= 0.3 is 0 Å². The molecule has 0 saturated heterocycles. The third kappa shape index (κ3) is 3.65. The van der Waals surface area contributed by atoms with Crippen molar-refractivity contribution in [1.82, 2.24) is 9.88 Å². The van der Waals surface area contributed by atoms with Gasteiger partial charge in [0.15, 0.2) is 0 Å². The van der Waals surface area contributed by atoms with Crippen LogP contribution in [-0.4, -0.2) is 24.9 Å². The molecule has 0 radical (unpaired) electrons. The monoisotopic (exact) mass is 313 g/mol. The number of hydrogen-bond donors (Lipinski definition) is 2. The molecule has 0 bridgehead atoms. The largest absolute Gasteiger partial charge is 0.348 e. The van der Waals surface area contributed by atoms with E-state index in [9.17, 15) is 13.2 Å². The fourth-order valence-electron chi connectivity index (χ4n) is 2.56. The highest BCUT2D eigenvalue weighted by Crippen LogP contribution is 2.34. The highest BCUT2D eigenvalue weighted by atomic mass is 32.2. The van der Waals surface area contributed by atoms with Crippen molar-refractivity contribution in [3.63, 3.8) is 0 Å². The van der Waals surface area contributed by atoms with Gasteiger partial charge in [-0.05, 0) is 38.7 Å². The number of carbonyl (C=O) groups excluding carboxylic acids is 1. The maximum absolute atomic E-state index is 12.4. The van der Waals surface area contributed by atoms with E-state index >= 15 is 0 Å². The van der Waals surface area contributed by atoms with Gasteiger partial charge in [-0.15, -0.1) is 0 Å². The Hall–Kier alpha value is -1.34. The molecule has 21 heavy (non-hydrogen) atoms. The molecule has 1 unspecified atom stereocenters. The molecule has 118 valence electrons. The van der Waals surface area contributed by atoms with Crippen LogP contribution in [0.4, 0.5) is 0 Å². The number of amides is 1. The first-order valence-electron chi connectivity index (χ1n) is 7.38. The number of rotatable bonds is 6. The Balaban J connectivity index is 2.28. The van der Waals surface area contributed by atoms with Gasteiger partial charge in [0.05, 0.1) is 0 Å². The number of hydrogen-bond acceptors (Lipinski definition) is 3. The minimum absolute atomic E-state index is 0.00249. The average molecular weight is 313 g/mol. The number of nitrogens with one attached hydrogen (secondary N) is 1. The minimum Gasteiger partial charge on any atom is -0.348 e. The smallest absolute Gasteiger partial charge is 0.268 e. The Morgan fingerprint density at radius 1 is 1.52 bits per heavy atom. The summed E-state index contributed by atoms with van der Waals surface area (Å²) in [6, 6.07) is 1.63. The Morgan fingerprint density at radius 3 is 2.67 bits per heavy atom. The van der Waals surface area contributed by atoms with Crippen LogP contribution in [0.1, 0.15) is 62.5 Å². The highest BCUT2D eigenvalue weighted by molar-refractivity contribution is 7.89. The molecule has 2 rings (SSSR count). The van der Waals surface area contributed by atoms with E-state index in [4.69, 9.17) is 5.14 Å². The number of aromatic nitrogens is 1. The summed E-state index contributed by atoms with van der Waals surface area (Å²) in [4.78, 5) is 12.4. The molecule has 1 aliphatic carbocycles. The van der Waals surface area contributed by atoms with Crippen molar-refractivity contribution in [2.24, 2.45) is 5.14 Å². The van der Waals surface area contributed by atoms with Crippen LogP contribution in [0.5, 0.6) is 0 Å². The van der Waals surface area contributed by atoms with Crippen LogP contribution in [0.15, 0.2) is 17.2 Å². The Morgan fingerprint density at radius 2 is 2.19 bits per heavy atom. The van der Waals surface area contributed by atoms with Crippen LogP contribution in [0.25, 0.3) is 0 Å². The van der Waals surface area contributed by atoms with Crippen LogP contribution < -0.4 is 10.5 Å². The van der Waals surface area contributed by atoms with Gasteiger partial charge in [-0.3, -0.25) is 4.79 Å². The Bertz CT molecular complexity index is 617. The lowest BCUT2D eigenvalue weighted by molar-refractivity contribution is 0.0923. The van der Waals surface area contributed by atoms with E-state index in [2.05, 4.69) is 12.2 Å². The van der Waals surface area contributed by atoms with E-state index in [1.165, 1.54) is 12.3 Å². The fraction of sp³-hybridized carbons (Fsp3) is 0.643. The van der Waals surface area contributed by atoms with E-state index in [1.807, 2.05) is 6.92 Å². The molecule has 7 heteroatoms. The first kappa shape index (κ1) is 16.0. The van der Waals surface area contributed by atoms with Crippen molar-refractivity contribution in [3.8, 4) is 0 Å². The second kappa shape index (κ2) is 6.19. The van der Waals surface area contributed by atoms with Gasteiger partial charge < -0.3 is 9.88 Å². The molecule has 1 atom stereocenters. The van der Waals surface area contributed by atoms with Crippen molar-refractivity contribution < 1.29 is 13.2 Å². The van der Waals surface area contributed by atoms with Crippen molar-refractivity contribution in [2.75, 3.05) is 0 Å². The van der Waals surface area contributed by atoms with Crippen molar-refractivity contribution in [3.05, 3.63) is 18.0 Å². The van der Waals surface area contributed by atoms with Gasteiger partial charge in [-0.25, -0.2) is 13.6 Å². The zero-order chi connectivity index (χ0) is 15.6. The predicted octanol–water partition coefficient (Wildman–Crippen LogP) is 1.78. The van der Waals surface area contributed by atoms with Crippen LogP contribution in [0.3, 0.4) is 0 Å². The maximum atomic E-state index is 12.4. The standard InChI is InChI=1S/C14H23N3O3S/c1-3-5-10(2)16-14(18)13-8-12(21(15,19)20)9-17(13)11-6-4-7-11/h8-11H,3-7H2,1-2H3,(H,16,18)(H2,15,19,20). The van der Waals surface area contributed by atoms with Crippen LogP contribution in [0.2, 0.25) is 0 Å². The molecule has 0 aliphatic heterocycles. The number of primary sulfonamides is 1. The van der Waals surface area contributed by atoms with Crippen LogP contribution in [-0.2, 0) is 10.0 Å². The minimum atomic E-state index is -3.80. The summed E-state index contributed by atoms with van der Waals surface area (Å²) in [6.45, 7) is 4.00. The molecular formula is C14H23N3O3S. The summed E-state index contributed by atoms with van der Waals surface area (Å²) in [6.07, 6.45) is 6.37. The molecular weight excluding hydrogens is 290 g/mol. The first-order valence-corrected chi connectivity index (χ1v) is 8.93. The number of nitrogens with two attached hydrogens (primary N) is 1. The van der Waals surface area contributed by atoms with E-state index in [0.717, 1.165) is 32.1 Å². The molecule has 3 N–H and O–H groups in total. The maximum Gasteiger partial charge on any atom is 0.268 e. The molecule has 1 saturated carbocycles. The third-order valence-electron chi connectivity index (χ3n) is 3.95. The van der Waals surface area contributed by atoms with Crippen molar-refractivity contribution in [1.29, 1.82) is 0 Å². The van der Waals surface area contributed by atoms with Crippen LogP contribution >= 0.6 is 0 Å². The van der Waals surface area contributed by atoms with Gasteiger partial charge in [-0.2, -0.15) is 0 Å². The van der Waals surface area contributed by atoms with E-state index in [-0.39, 0.29) is 22.9 Å². The topological polar surface area (TPSA) is 94.2 Å². The van der Waals surface area contributed by atoms with E-state index in [1.54, 1.807) is 4.57 Å². The lowest BCUT2D eigenvalue weighted by Gasteiger charge is -2.29. The number of carbonyl (C=O) groups is 1. The van der Waals surface area contributed by atoms with Crippen molar-refractivity contribution in [2.45, 2.75) is 62.9 Å². The molecule has 1 aromatic rings. The average Bonchev–Trinajstić information content (AvgIpc) is 2.71. The van der Waals surface area contributed by atoms with Gasteiger partial charge in [0.2, 0.25) is 10.0 Å². The second-order valence-electron chi connectivity index (χ2n) is 5.76. The van der Waals surface area contributed by atoms with E-state index < -0.39 is 10.0 Å².